The monoisotopic (exact) mass is 219 g/mol. The molecule has 1 aromatic heterocycles. The summed E-state index contributed by atoms with van der Waals surface area (Å²) in [5.74, 6) is 0.421. The van der Waals surface area contributed by atoms with Gasteiger partial charge in [-0.25, -0.2) is 9.78 Å². The van der Waals surface area contributed by atoms with Gasteiger partial charge in [-0.1, -0.05) is 12.1 Å². The zero-order chi connectivity index (χ0) is 11.5. The minimum atomic E-state index is -0.325. The van der Waals surface area contributed by atoms with Crippen LogP contribution >= 0.6 is 0 Å². The van der Waals surface area contributed by atoms with Gasteiger partial charge in [0, 0.05) is 13.5 Å². The molecule has 1 aromatic carbocycles. The molecule has 0 N–H and O–H groups in total. The number of hydrogen-bond donors (Lipinski definition) is 0. The molecule has 0 spiro atoms. The molecule has 0 saturated carbocycles. The molecule has 0 unspecified atom stereocenters. The van der Waals surface area contributed by atoms with E-state index in [9.17, 15) is 4.79 Å². The lowest BCUT2D eigenvalue weighted by atomic mass is 10.1. The average molecular weight is 219 g/mol. The van der Waals surface area contributed by atoms with Gasteiger partial charge >= 0.3 is 5.63 Å². The lowest BCUT2D eigenvalue weighted by Gasteiger charge is -2.02. The molecule has 84 valence electrons. The highest BCUT2D eigenvalue weighted by molar-refractivity contribution is 5.80. The topological polar surface area (TPSA) is 52.3 Å². The normalized spacial score (nSPS) is 10.9. The Morgan fingerprint density at radius 2 is 2.25 bits per heavy atom. The number of nitrogens with zero attached hydrogens (tertiary/aromatic N) is 1. The van der Waals surface area contributed by atoms with E-state index in [1.165, 1.54) is 0 Å². The lowest BCUT2D eigenvalue weighted by molar-refractivity contribution is 0.193. The fourth-order valence-electron chi connectivity index (χ4n) is 1.62. The molecule has 4 nitrogen and oxygen atoms in total. The summed E-state index contributed by atoms with van der Waals surface area (Å²) in [5, 5.41) is 0.559. The van der Waals surface area contributed by atoms with E-state index in [0.717, 1.165) is 5.56 Å². The van der Waals surface area contributed by atoms with E-state index in [1.807, 2.05) is 25.1 Å². The van der Waals surface area contributed by atoms with Crippen molar-refractivity contribution in [3.63, 3.8) is 0 Å². The first-order valence-corrected chi connectivity index (χ1v) is 5.10. The van der Waals surface area contributed by atoms with Crippen molar-refractivity contribution in [3.8, 4) is 0 Å². The summed E-state index contributed by atoms with van der Waals surface area (Å²) in [6.45, 7) is 2.36. The van der Waals surface area contributed by atoms with E-state index >= 15 is 0 Å². The Morgan fingerprint density at radius 1 is 1.44 bits per heavy atom. The Labute approximate surface area is 92.9 Å². The second-order valence-electron chi connectivity index (χ2n) is 3.61. The van der Waals surface area contributed by atoms with Crippen LogP contribution in [-0.2, 0) is 11.2 Å². The molecule has 0 amide bonds. The highest BCUT2D eigenvalue weighted by Crippen LogP contribution is 2.12. The third-order valence-electron chi connectivity index (χ3n) is 2.43. The van der Waals surface area contributed by atoms with Gasteiger partial charge in [0.1, 0.15) is 0 Å². The van der Waals surface area contributed by atoms with Crippen molar-refractivity contribution < 1.29 is 9.15 Å². The van der Waals surface area contributed by atoms with Crippen molar-refractivity contribution in [3.05, 3.63) is 40.1 Å². The van der Waals surface area contributed by atoms with Crippen LogP contribution in [0.1, 0.15) is 11.5 Å². The van der Waals surface area contributed by atoms with Crippen molar-refractivity contribution in [2.75, 3.05) is 13.7 Å². The lowest BCUT2D eigenvalue weighted by Crippen LogP contribution is -2.08. The maximum Gasteiger partial charge on any atom is 0.347 e. The second kappa shape index (κ2) is 4.45. The third-order valence-corrected chi connectivity index (χ3v) is 2.43. The first-order valence-electron chi connectivity index (χ1n) is 5.10. The van der Waals surface area contributed by atoms with Gasteiger partial charge in [0.05, 0.1) is 17.5 Å². The average Bonchev–Trinajstić information content (AvgIpc) is 2.26. The molecule has 0 fully saturated rings. The number of benzene rings is 1. The molecule has 0 aliphatic heterocycles. The van der Waals surface area contributed by atoms with Gasteiger partial charge in [0.2, 0.25) is 5.89 Å². The predicted octanol–water partition coefficient (Wildman–Crippen LogP) is 1.69. The highest BCUT2D eigenvalue weighted by atomic mass is 16.5. The van der Waals surface area contributed by atoms with Gasteiger partial charge in [-0.2, -0.15) is 0 Å². The Kier molecular flexibility index (Phi) is 3.01. The van der Waals surface area contributed by atoms with Gasteiger partial charge in [-0.05, 0) is 18.6 Å². The minimum Gasteiger partial charge on any atom is -0.408 e. The molecule has 0 atom stereocenters. The molecule has 0 radical (unpaired) electrons. The Morgan fingerprint density at radius 3 is 3.00 bits per heavy atom. The van der Waals surface area contributed by atoms with Gasteiger partial charge < -0.3 is 9.15 Å². The van der Waals surface area contributed by atoms with Crippen LogP contribution in [0.5, 0.6) is 0 Å². The van der Waals surface area contributed by atoms with E-state index in [2.05, 4.69) is 4.98 Å². The third kappa shape index (κ3) is 1.97. The van der Waals surface area contributed by atoms with E-state index in [0.29, 0.717) is 29.8 Å². The standard InChI is InChI=1S/C12H13NO3/c1-8-4-3-5-9-11(8)12(14)16-10(13-9)6-7-15-2/h3-5H,6-7H2,1-2H3. The van der Waals surface area contributed by atoms with Crippen molar-refractivity contribution in [1.29, 1.82) is 0 Å². The summed E-state index contributed by atoms with van der Waals surface area (Å²) in [7, 11) is 1.60. The number of aryl methyl sites for hydroxylation is 1. The second-order valence-corrected chi connectivity index (χ2v) is 3.61. The van der Waals surface area contributed by atoms with Crippen molar-refractivity contribution in [2.45, 2.75) is 13.3 Å². The summed E-state index contributed by atoms with van der Waals surface area (Å²) in [6, 6.07) is 5.57. The molecule has 0 saturated heterocycles. The molecular formula is C12H13NO3. The Hall–Kier alpha value is -1.68. The molecule has 2 aromatic rings. The summed E-state index contributed by atoms with van der Waals surface area (Å²) in [5.41, 5.74) is 1.24. The Balaban J connectivity index is 2.55. The van der Waals surface area contributed by atoms with Crippen LogP contribution in [0.15, 0.2) is 27.4 Å². The molecule has 2 rings (SSSR count). The van der Waals surface area contributed by atoms with Crippen LogP contribution in [-0.4, -0.2) is 18.7 Å². The van der Waals surface area contributed by atoms with Crippen LogP contribution < -0.4 is 5.63 Å². The van der Waals surface area contributed by atoms with E-state index in [-0.39, 0.29) is 5.63 Å². The quantitative estimate of drug-likeness (QED) is 0.788. The number of ether oxygens (including phenoxy) is 1. The van der Waals surface area contributed by atoms with Crippen LogP contribution in [0, 0.1) is 6.92 Å². The summed E-state index contributed by atoms with van der Waals surface area (Å²) < 4.78 is 10.0. The zero-order valence-corrected chi connectivity index (χ0v) is 9.32. The highest BCUT2D eigenvalue weighted by Gasteiger charge is 2.07. The number of fused-ring (bicyclic) bond motifs is 1. The first-order chi connectivity index (χ1) is 7.72. The van der Waals surface area contributed by atoms with Gasteiger partial charge in [0.25, 0.3) is 0 Å². The van der Waals surface area contributed by atoms with Crippen molar-refractivity contribution in [1.82, 2.24) is 4.98 Å². The van der Waals surface area contributed by atoms with Crippen molar-refractivity contribution in [2.24, 2.45) is 0 Å². The molecule has 0 aliphatic carbocycles. The van der Waals surface area contributed by atoms with Crippen LogP contribution in [0.25, 0.3) is 10.9 Å². The molecule has 16 heavy (non-hydrogen) atoms. The van der Waals surface area contributed by atoms with E-state index in [4.69, 9.17) is 9.15 Å². The van der Waals surface area contributed by atoms with Crippen LogP contribution in [0.3, 0.4) is 0 Å². The van der Waals surface area contributed by atoms with Crippen molar-refractivity contribution >= 4 is 10.9 Å². The van der Waals surface area contributed by atoms with E-state index < -0.39 is 0 Å². The predicted molar refractivity (Wildman–Crippen MR) is 60.6 cm³/mol. The van der Waals surface area contributed by atoms with Gasteiger partial charge in [-0.3, -0.25) is 0 Å². The van der Waals surface area contributed by atoms with Crippen LogP contribution in [0.2, 0.25) is 0 Å². The Bertz CT molecular complexity index is 560. The molecule has 0 aliphatic rings. The number of hydrogen-bond acceptors (Lipinski definition) is 4. The summed E-state index contributed by atoms with van der Waals surface area (Å²) in [6.07, 6.45) is 0.510. The zero-order valence-electron chi connectivity index (χ0n) is 9.32. The summed E-state index contributed by atoms with van der Waals surface area (Å²) >= 11 is 0. The fraction of sp³-hybridized carbons (Fsp3) is 0.333. The largest absolute Gasteiger partial charge is 0.408 e. The molecular weight excluding hydrogens is 206 g/mol. The van der Waals surface area contributed by atoms with Gasteiger partial charge in [-0.15, -0.1) is 0 Å². The maximum atomic E-state index is 11.7. The molecule has 1 heterocycles. The van der Waals surface area contributed by atoms with E-state index in [1.54, 1.807) is 7.11 Å². The SMILES string of the molecule is COCCc1nc2cccc(C)c2c(=O)o1. The number of aromatic nitrogens is 1. The van der Waals surface area contributed by atoms with Gasteiger partial charge in [0.15, 0.2) is 0 Å². The maximum absolute atomic E-state index is 11.7. The molecule has 0 bridgehead atoms. The minimum absolute atomic E-state index is 0.325. The number of rotatable bonds is 3. The fourth-order valence-corrected chi connectivity index (χ4v) is 1.62. The number of methoxy groups -OCH3 is 1. The smallest absolute Gasteiger partial charge is 0.347 e. The first kappa shape index (κ1) is 10.8. The summed E-state index contributed by atoms with van der Waals surface area (Å²) in [4.78, 5) is 16.0. The van der Waals surface area contributed by atoms with Crippen LogP contribution in [0.4, 0.5) is 0 Å². The molecule has 4 heteroatoms.